The van der Waals surface area contributed by atoms with E-state index in [2.05, 4.69) is 15.4 Å². The Hall–Kier alpha value is -3.02. The molecule has 114 valence electrons. The summed E-state index contributed by atoms with van der Waals surface area (Å²) >= 11 is 0. The van der Waals surface area contributed by atoms with Gasteiger partial charge in [-0.05, 0) is 30.3 Å². The van der Waals surface area contributed by atoms with Crippen molar-refractivity contribution in [1.29, 1.82) is 0 Å². The molecule has 0 saturated heterocycles. The van der Waals surface area contributed by atoms with Crippen molar-refractivity contribution in [1.82, 2.24) is 20.1 Å². The van der Waals surface area contributed by atoms with Gasteiger partial charge in [0.05, 0.1) is 17.8 Å². The van der Waals surface area contributed by atoms with E-state index in [1.54, 1.807) is 23.0 Å². The second kappa shape index (κ2) is 5.01. The maximum atomic E-state index is 13.2. The monoisotopic (exact) mass is 308 g/mol. The zero-order chi connectivity index (χ0) is 16.0. The standard InChI is InChI=1S/C17H13FN4O/c1-22-9-13(16(21-22)10-2-4-11(18)5-3-10)12-6-7-19-14-8-20-17(23)15(12)14/h2-7,9H,8H2,1H3,(H,20,23). The molecule has 5 nitrogen and oxygen atoms in total. The van der Waals surface area contributed by atoms with Crippen LogP contribution in [0.3, 0.4) is 0 Å². The van der Waals surface area contributed by atoms with Crippen molar-refractivity contribution < 1.29 is 9.18 Å². The summed E-state index contributed by atoms with van der Waals surface area (Å²) in [5.41, 5.74) is 4.45. The van der Waals surface area contributed by atoms with Crippen LogP contribution in [0.15, 0.2) is 42.7 Å². The smallest absolute Gasteiger partial charge is 0.254 e. The largest absolute Gasteiger partial charge is 0.346 e. The van der Waals surface area contributed by atoms with Crippen LogP contribution in [0.4, 0.5) is 4.39 Å². The third-order valence-electron chi connectivity index (χ3n) is 3.91. The Morgan fingerprint density at radius 3 is 2.74 bits per heavy atom. The molecule has 0 radical (unpaired) electrons. The van der Waals surface area contributed by atoms with Gasteiger partial charge in [-0.1, -0.05) is 0 Å². The molecule has 0 atom stereocenters. The molecule has 0 fully saturated rings. The predicted octanol–water partition coefficient (Wildman–Crippen LogP) is 2.53. The average molecular weight is 308 g/mol. The molecule has 0 bridgehead atoms. The number of carbonyl (C=O) groups is 1. The van der Waals surface area contributed by atoms with Crippen molar-refractivity contribution in [2.45, 2.75) is 6.54 Å². The van der Waals surface area contributed by atoms with E-state index >= 15 is 0 Å². The Labute approximate surface area is 131 Å². The van der Waals surface area contributed by atoms with Crippen molar-refractivity contribution in [3.8, 4) is 22.4 Å². The Balaban J connectivity index is 1.93. The van der Waals surface area contributed by atoms with Crippen LogP contribution in [0.1, 0.15) is 16.1 Å². The fourth-order valence-electron chi connectivity index (χ4n) is 2.88. The summed E-state index contributed by atoms with van der Waals surface area (Å²) < 4.78 is 14.9. The van der Waals surface area contributed by atoms with Gasteiger partial charge in [0.2, 0.25) is 0 Å². The van der Waals surface area contributed by atoms with Gasteiger partial charge in [0, 0.05) is 36.1 Å². The molecule has 0 unspecified atom stereocenters. The highest BCUT2D eigenvalue weighted by Gasteiger charge is 2.26. The summed E-state index contributed by atoms with van der Waals surface area (Å²) in [6.07, 6.45) is 3.55. The van der Waals surface area contributed by atoms with Crippen LogP contribution < -0.4 is 5.32 Å². The predicted molar refractivity (Wildman–Crippen MR) is 83.0 cm³/mol. The molecule has 6 heteroatoms. The maximum absolute atomic E-state index is 13.2. The molecular weight excluding hydrogens is 295 g/mol. The second-order valence-electron chi connectivity index (χ2n) is 5.43. The number of nitrogens with one attached hydrogen (secondary N) is 1. The quantitative estimate of drug-likeness (QED) is 0.791. The van der Waals surface area contributed by atoms with Crippen LogP contribution in [-0.2, 0) is 13.6 Å². The zero-order valence-electron chi connectivity index (χ0n) is 12.4. The lowest BCUT2D eigenvalue weighted by molar-refractivity contribution is 0.0966. The first-order chi connectivity index (χ1) is 11.1. The van der Waals surface area contributed by atoms with E-state index in [1.807, 2.05) is 19.3 Å². The fourth-order valence-corrected chi connectivity index (χ4v) is 2.88. The Bertz CT molecular complexity index is 915. The third-order valence-corrected chi connectivity index (χ3v) is 3.91. The molecule has 3 heterocycles. The van der Waals surface area contributed by atoms with Crippen molar-refractivity contribution in [2.24, 2.45) is 7.05 Å². The summed E-state index contributed by atoms with van der Waals surface area (Å²) in [7, 11) is 1.82. The Morgan fingerprint density at radius 2 is 1.96 bits per heavy atom. The SMILES string of the molecule is Cn1cc(-c2ccnc3c2C(=O)NC3)c(-c2ccc(F)cc2)n1. The first kappa shape index (κ1) is 13.6. The minimum Gasteiger partial charge on any atom is -0.346 e. The van der Waals surface area contributed by atoms with Crippen molar-refractivity contribution in [3.63, 3.8) is 0 Å². The number of nitrogens with zero attached hydrogens (tertiary/aromatic N) is 3. The van der Waals surface area contributed by atoms with Gasteiger partial charge in [0.15, 0.2) is 0 Å². The molecule has 0 saturated carbocycles. The number of hydrogen-bond donors (Lipinski definition) is 1. The average Bonchev–Trinajstić information content (AvgIpc) is 3.12. The lowest BCUT2D eigenvalue weighted by Gasteiger charge is -2.06. The van der Waals surface area contributed by atoms with E-state index in [9.17, 15) is 9.18 Å². The number of aryl methyl sites for hydroxylation is 1. The highest BCUT2D eigenvalue weighted by molar-refractivity contribution is 6.05. The molecule has 4 rings (SSSR count). The van der Waals surface area contributed by atoms with Crippen LogP contribution in [0.5, 0.6) is 0 Å². The second-order valence-corrected chi connectivity index (χ2v) is 5.43. The highest BCUT2D eigenvalue weighted by Crippen LogP contribution is 2.34. The lowest BCUT2D eigenvalue weighted by Crippen LogP contribution is -2.13. The number of rotatable bonds is 2. The van der Waals surface area contributed by atoms with Gasteiger partial charge in [-0.2, -0.15) is 5.10 Å². The highest BCUT2D eigenvalue weighted by atomic mass is 19.1. The Morgan fingerprint density at radius 1 is 1.17 bits per heavy atom. The third kappa shape index (κ3) is 2.19. The summed E-state index contributed by atoms with van der Waals surface area (Å²) in [6, 6.07) is 7.98. The van der Waals surface area contributed by atoms with Crippen molar-refractivity contribution >= 4 is 5.91 Å². The number of amides is 1. The molecule has 1 aromatic carbocycles. The van der Waals surface area contributed by atoms with Crippen LogP contribution >= 0.6 is 0 Å². The number of aromatic nitrogens is 3. The molecule has 0 aliphatic carbocycles. The van der Waals surface area contributed by atoms with E-state index in [1.165, 1.54) is 12.1 Å². The van der Waals surface area contributed by atoms with E-state index in [0.717, 1.165) is 22.4 Å². The maximum Gasteiger partial charge on any atom is 0.254 e. The van der Waals surface area contributed by atoms with E-state index in [4.69, 9.17) is 0 Å². The Kier molecular flexibility index (Phi) is 2.97. The normalized spacial score (nSPS) is 13.0. The summed E-state index contributed by atoms with van der Waals surface area (Å²) in [4.78, 5) is 16.4. The minimum absolute atomic E-state index is 0.128. The number of hydrogen-bond acceptors (Lipinski definition) is 3. The zero-order valence-corrected chi connectivity index (χ0v) is 12.4. The van der Waals surface area contributed by atoms with Crippen LogP contribution in [0.25, 0.3) is 22.4 Å². The summed E-state index contributed by atoms with van der Waals surface area (Å²) in [5, 5.41) is 7.27. The van der Waals surface area contributed by atoms with E-state index < -0.39 is 0 Å². The molecular formula is C17H13FN4O. The van der Waals surface area contributed by atoms with Crippen molar-refractivity contribution in [3.05, 3.63) is 59.8 Å². The number of fused-ring (bicyclic) bond motifs is 1. The summed E-state index contributed by atoms with van der Waals surface area (Å²) in [5.74, 6) is -0.424. The molecule has 1 amide bonds. The fraction of sp³-hybridized carbons (Fsp3) is 0.118. The van der Waals surface area contributed by atoms with Crippen molar-refractivity contribution in [2.75, 3.05) is 0 Å². The van der Waals surface area contributed by atoms with Gasteiger partial charge in [-0.15, -0.1) is 0 Å². The molecule has 0 spiro atoms. The molecule has 2 aromatic heterocycles. The van der Waals surface area contributed by atoms with Gasteiger partial charge < -0.3 is 5.32 Å². The lowest BCUT2D eigenvalue weighted by atomic mass is 9.97. The number of carbonyl (C=O) groups excluding carboxylic acids is 1. The van der Waals surface area contributed by atoms with E-state index in [-0.39, 0.29) is 11.7 Å². The van der Waals surface area contributed by atoms with Gasteiger partial charge >= 0.3 is 0 Å². The topological polar surface area (TPSA) is 59.8 Å². The first-order valence-corrected chi connectivity index (χ1v) is 7.19. The molecule has 1 aliphatic rings. The first-order valence-electron chi connectivity index (χ1n) is 7.19. The number of benzene rings is 1. The summed E-state index contributed by atoms with van der Waals surface area (Å²) in [6.45, 7) is 0.439. The molecule has 1 aliphatic heterocycles. The molecule has 1 N–H and O–H groups in total. The number of halogens is 1. The van der Waals surface area contributed by atoms with Gasteiger partial charge in [0.25, 0.3) is 5.91 Å². The van der Waals surface area contributed by atoms with Gasteiger partial charge in [-0.25, -0.2) is 4.39 Å². The van der Waals surface area contributed by atoms with Crippen LogP contribution in [0.2, 0.25) is 0 Å². The van der Waals surface area contributed by atoms with Gasteiger partial charge in [-0.3, -0.25) is 14.5 Å². The molecule has 3 aromatic rings. The number of pyridine rings is 1. The minimum atomic E-state index is -0.296. The van der Waals surface area contributed by atoms with Crippen LogP contribution in [0, 0.1) is 5.82 Å². The van der Waals surface area contributed by atoms with E-state index in [0.29, 0.717) is 17.8 Å². The molecule has 23 heavy (non-hydrogen) atoms. The van der Waals surface area contributed by atoms with Gasteiger partial charge in [0.1, 0.15) is 11.5 Å². The van der Waals surface area contributed by atoms with Crippen LogP contribution in [-0.4, -0.2) is 20.7 Å².